The van der Waals surface area contributed by atoms with E-state index in [0.717, 1.165) is 5.92 Å². The van der Waals surface area contributed by atoms with Gasteiger partial charge in [-0.3, -0.25) is 0 Å². The molecular weight excluding hydrogens is 175 g/mol. The highest BCUT2D eigenvalue weighted by atomic mass is 31.1. The maximum Gasteiger partial charge on any atom is -0.0262 e. The molecular formula is C12H25P. The first-order chi connectivity index (χ1) is 6.31. The van der Waals surface area contributed by atoms with Crippen molar-refractivity contribution in [3.8, 4) is 0 Å². The van der Waals surface area contributed by atoms with Gasteiger partial charge >= 0.3 is 0 Å². The molecule has 0 rings (SSSR count). The highest BCUT2D eigenvalue weighted by molar-refractivity contribution is 7.37. The Morgan fingerprint density at radius 3 is 2.69 bits per heavy atom. The van der Waals surface area contributed by atoms with Crippen LogP contribution in [-0.2, 0) is 0 Å². The van der Waals surface area contributed by atoms with E-state index in [9.17, 15) is 0 Å². The van der Waals surface area contributed by atoms with Gasteiger partial charge in [0.15, 0.2) is 0 Å². The van der Waals surface area contributed by atoms with Crippen LogP contribution in [0.3, 0.4) is 0 Å². The summed E-state index contributed by atoms with van der Waals surface area (Å²) in [5, 5.41) is 0. The molecule has 0 aromatic heterocycles. The molecule has 2 atom stereocenters. The Morgan fingerprint density at radius 1 is 1.31 bits per heavy atom. The molecule has 0 heterocycles. The van der Waals surface area contributed by atoms with Crippen LogP contribution in [0.5, 0.6) is 0 Å². The summed E-state index contributed by atoms with van der Waals surface area (Å²) in [7, 11) is 1.19. The number of allylic oxidation sites excluding steroid dienone is 2. The predicted molar refractivity (Wildman–Crippen MR) is 66.2 cm³/mol. The number of unbranched alkanes of at least 4 members (excludes halogenated alkanes) is 1. The van der Waals surface area contributed by atoms with E-state index in [-0.39, 0.29) is 0 Å². The van der Waals surface area contributed by atoms with Crippen molar-refractivity contribution in [3.63, 3.8) is 0 Å². The van der Waals surface area contributed by atoms with Crippen LogP contribution >= 0.6 is 8.58 Å². The molecule has 2 unspecified atom stereocenters. The standard InChI is InChI=1S/C12H25P/c1-4-6-7-9-12(3)10-8-11-13-5-2/h7,9,12-13H,4-6,8,10-11H2,1-3H3. The SMILES string of the molecule is CCCC=CC(C)CCCPCC. The Kier molecular flexibility index (Phi) is 10.4. The predicted octanol–water partition coefficient (Wildman–Crippen LogP) is 4.46. The summed E-state index contributed by atoms with van der Waals surface area (Å²) in [5.74, 6) is 0.799. The molecule has 0 nitrogen and oxygen atoms in total. The van der Waals surface area contributed by atoms with E-state index in [1.807, 2.05) is 0 Å². The number of hydrogen-bond donors (Lipinski definition) is 0. The van der Waals surface area contributed by atoms with Crippen molar-refractivity contribution in [2.45, 2.75) is 46.5 Å². The number of hydrogen-bond acceptors (Lipinski definition) is 0. The van der Waals surface area contributed by atoms with Gasteiger partial charge in [-0.1, -0.05) is 39.3 Å². The van der Waals surface area contributed by atoms with Crippen molar-refractivity contribution < 1.29 is 0 Å². The van der Waals surface area contributed by atoms with Gasteiger partial charge in [-0.15, -0.1) is 8.58 Å². The Balaban J connectivity index is 3.24. The van der Waals surface area contributed by atoms with Gasteiger partial charge in [-0.05, 0) is 37.5 Å². The lowest BCUT2D eigenvalue weighted by Gasteiger charge is -2.05. The first-order valence-corrected chi connectivity index (χ1v) is 7.10. The molecule has 0 spiro atoms. The molecule has 0 aromatic rings. The molecule has 0 bridgehead atoms. The van der Waals surface area contributed by atoms with E-state index in [1.54, 1.807) is 0 Å². The van der Waals surface area contributed by atoms with Crippen molar-refractivity contribution in [2.24, 2.45) is 5.92 Å². The maximum atomic E-state index is 2.39. The molecule has 78 valence electrons. The minimum absolute atomic E-state index is 0.799. The average Bonchev–Trinajstić information content (AvgIpc) is 2.13. The Morgan fingerprint density at radius 2 is 2.08 bits per heavy atom. The minimum Gasteiger partial charge on any atom is -0.122 e. The smallest absolute Gasteiger partial charge is 0.0262 e. The van der Waals surface area contributed by atoms with Crippen LogP contribution in [0.2, 0.25) is 0 Å². The summed E-state index contributed by atoms with van der Waals surface area (Å²) in [6.07, 6.45) is 12.9. The molecule has 0 N–H and O–H groups in total. The van der Waals surface area contributed by atoms with Crippen LogP contribution in [0.25, 0.3) is 0 Å². The fourth-order valence-corrected chi connectivity index (χ4v) is 2.12. The highest BCUT2D eigenvalue weighted by Gasteiger charge is 1.95. The zero-order valence-corrected chi connectivity index (χ0v) is 10.5. The summed E-state index contributed by atoms with van der Waals surface area (Å²) < 4.78 is 0. The summed E-state index contributed by atoms with van der Waals surface area (Å²) in [5.41, 5.74) is 0. The van der Waals surface area contributed by atoms with Crippen molar-refractivity contribution in [2.75, 3.05) is 12.3 Å². The van der Waals surface area contributed by atoms with Crippen LogP contribution in [0.1, 0.15) is 46.5 Å². The maximum absolute atomic E-state index is 2.39. The van der Waals surface area contributed by atoms with E-state index in [0.29, 0.717) is 0 Å². The van der Waals surface area contributed by atoms with Gasteiger partial charge in [0.1, 0.15) is 0 Å². The summed E-state index contributed by atoms with van der Waals surface area (Å²) in [4.78, 5) is 0. The van der Waals surface area contributed by atoms with Gasteiger partial charge in [0.2, 0.25) is 0 Å². The van der Waals surface area contributed by atoms with Gasteiger partial charge in [-0.2, -0.15) is 0 Å². The molecule has 1 heteroatoms. The van der Waals surface area contributed by atoms with Crippen LogP contribution < -0.4 is 0 Å². The van der Waals surface area contributed by atoms with Gasteiger partial charge in [0.25, 0.3) is 0 Å². The molecule has 0 aromatic carbocycles. The third-order valence-corrected chi connectivity index (χ3v) is 3.39. The minimum atomic E-state index is 0.799. The lowest BCUT2D eigenvalue weighted by molar-refractivity contribution is 0.635. The first-order valence-electron chi connectivity index (χ1n) is 5.68. The van der Waals surface area contributed by atoms with E-state index < -0.39 is 0 Å². The van der Waals surface area contributed by atoms with Crippen LogP contribution in [-0.4, -0.2) is 12.3 Å². The average molecular weight is 200 g/mol. The van der Waals surface area contributed by atoms with Crippen LogP contribution in [0.4, 0.5) is 0 Å². The molecule has 0 amide bonds. The topological polar surface area (TPSA) is 0 Å². The molecule has 0 aliphatic rings. The molecule has 13 heavy (non-hydrogen) atoms. The van der Waals surface area contributed by atoms with E-state index in [1.165, 1.54) is 46.6 Å². The molecule has 0 radical (unpaired) electrons. The summed E-state index contributed by atoms with van der Waals surface area (Å²) >= 11 is 0. The van der Waals surface area contributed by atoms with Gasteiger partial charge in [-0.25, -0.2) is 0 Å². The zero-order chi connectivity index (χ0) is 9.94. The fourth-order valence-electron chi connectivity index (χ4n) is 1.32. The Bertz CT molecular complexity index is 118. The zero-order valence-electron chi connectivity index (χ0n) is 9.47. The van der Waals surface area contributed by atoms with E-state index >= 15 is 0 Å². The van der Waals surface area contributed by atoms with Gasteiger partial charge in [0.05, 0.1) is 0 Å². The first kappa shape index (κ1) is 13.2. The molecule has 0 saturated carbocycles. The fraction of sp³-hybridized carbons (Fsp3) is 0.833. The quantitative estimate of drug-likeness (QED) is 0.308. The third-order valence-electron chi connectivity index (χ3n) is 2.18. The van der Waals surface area contributed by atoms with Gasteiger partial charge < -0.3 is 0 Å². The lowest BCUT2D eigenvalue weighted by atomic mass is 10.1. The molecule has 0 aliphatic carbocycles. The van der Waals surface area contributed by atoms with Crippen molar-refractivity contribution >= 4 is 8.58 Å². The van der Waals surface area contributed by atoms with Crippen LogP contribution in [0, 0.1) is 5.92 Å². The van der Waals surface area contributed by atoms with Gasteiger partial charge in [0, 0.05) is 0 Å². The van der Waals surface area contributed by atoms with Crippen molar-refractivity contribution in [1.82, 2.24) is 0 Å². The lowest BCUT2D eigenvalue weighted by Crippen LogP contribution is -1.90. The summed E-state index contributed by atoms with van der Waals surface area (Å²) in [6.45, 7) is 6.85. The van der Waals surface area contributed by atoms with Crippen LogP contribution in [0.15, 0.2) is 12.2 Å². The monoisotopic (exact) mass is 200 g/mol. The summed E-state index contributed by atoms with van der Waals surface area (Å²) in [6, 6.07) is 0. The molecule has 0 fully saturated rings. The molecule has 0 saturated heterocycles. The second-order valence-corrected chi connectivity index (χ2v) is 5.40. The normalized spacial score (nSPS) is 14.7. The van der Waals surface area contributed by atoms with Crippen molar-refractivity contribution in [3.05, 3.63) is 12.2 Å². The van der Waals surface area contributed by atoms with Crippen molar-refractivity contribution in [1.29, 1.82) is 0 Å². The third kappa shape index (κ3) is 10.1. The molecule has 0 aliphatic heterocycles. The highest BCUT2D eigenvalue weighted by Crippen LogP contribution is 2.15. The largest absolute Gasteiger partial charge is 0.122 e. The number of rotatable bonds is 8. The second-order valence-electron chi connectivity index (χ2n) is 3.69. The van der Waals surface area contributed by atoms with E-state index in [4.69, 9.17) is 0 Å². The second kappa shape index (κ2) is 10.3. The Labute approximate surface area is 86.0 Å². The Hall–Kier alpha value is 0.170. The van der Waals surface area contributed by atoms with E-state index in [2.05, 4.69) is 32.9 Å².